The van der Waals surface area contributed by atoms with Gasteiger partial charge in [-0.1, -0.05) is 43.6 Å². The molecule has 2 saturated heterocycles. The van der Waals surface area contributed by atoms with Crippen molar-refractivity contribution in [1.29, 1.82) is 0 Å². The Labute approximate surface area is 397 Å². The predicted molar refractivity (Wildman–Crippen MR) is 247 cm³/mol. The van der Waals surface area contributed by atoms with Crippen LogP contribution in [0.1, 0.15) is 110 Å². The highest BCUT2D eigenvalue weighted by atomic mass is 35.5. The summed E-state index contributed by atoms with van der Waals surface area (Å²) in [5, 5.41) is 8.25. The highest BCUT2D eigenvalue weighted by molar-refractivity contribution is 6.48. The summed E-state index contributed by atoms with van der Waals surface area (Å²) in [6, 6.07) is 4.50. The molecule has 2 aromatic carbocycles. The topological polar surface area (TPSA) is 210 Å². The summed E-state index contributed by atoms with van der Waals surface area (Å²) < 4.78 is 41.5. The number of urea groups is 1. The molecule has 2 bridgehead atoms. The summed E-state index contributed by atoms with van der Waals surface area (Å²) in [5.41, 5.74) is -1.45. The number of amides is 6. The summed E-state index contributed by atoms with van der Waals surface area (Å²) in [7, 11) is 3.20. The third-order valence-electron chi connectivity index (χ3n) is 13.2. The fourth-order valence-corrected chi connectivity index (χ4v) is 10.2. The molecule has 7 rings (SSSR count). The van der Waals surface area contributed by atoms with E-state index < -0.39 is 77.8 Å². The number of nitrogens with one attached hydrogen (secondary N) is 3. The molecule has 2 aromatic rings. The lowest BCUT2D eigenvalue weighted by molar-refractivity contribution is -0.199. The van der Waals surface area contributed by atoms with Crippen LogP contribution in [0.25, 0.3) is 0 Å². The monoisotopic (exact) mass is 953 g/mol. The molecular weight excluding hydrogens is 889 g/mol. The van der Waals surface area contributed by atoms with Crippen LogP contribution in [0.15, 0.2) is 30.3 Å². The Kier molecular flexibility index (Phi) is 14.8. The number of methoxy groups -OCH3 is 3. The van der Waals surface area contributed by atoms with Gasteiger partial charge in [-0.3, -0.25) is 19.3 Å². The smallest absolute Gasteiger partial charge is 0.482 e. The molecule has 2 unspecified atom stereocenters. The van der Waals surface area contributed by atoms with Crippen LogP contribution in [-0.4, -0.2) is 129 Å². The van der Waals surface area contributed by atoms with E-state index in [9.17, 15) is 24.0 Å². The van der Waals surface area contributed by atoms with Gasteiger partial charge in [-0.05, 0) is 110 Å². The van der Waals surface area contributed by atoms with E-state index in [-0.39, 0.29) is 76.9 Å². The number of esters is 1. The van der Waals surface area contributed by atoms with Crippen molar-refractivity contribution >= 4 is 54.5 Å². The highest BCUT2D eigenvalue weighted by Gasteiger charge is 2.68. The van der Waals surface area contributed by atoms with E-state index in [0.717, 1.165) is 17.7 Å². The Bertz CT molecular complexity index is 2270. The van der Waals surface area contributed by atoms with Gasteiger partial charge >= 0.3 is 37.0 Å². The number of carbonyl (C=O) groups excluding carboxylic acids is 6. The number of hydrogen-bond acceptors (Lipinski definition) is 13. The Hall–Kier alpha value is -5.27. The number of piperazine rings is 1. The molecule has 67 heavy (non-hydrogen) atoms. The molecule has 5 fully saturated rings. The molecule has 2 aliphatic heterocycles. The first-order valence-corrected chi connectivity index (χ1v) is 22.9. The van der Waals surface area contributed by atoms with Gasteiger partial charge in [0.1, 0.15) is 28.6 Å². The second kappa shape index (κ2) is 19.4. The second-order valence-corrected chi connectivity index (χ2v) is 20.8. The van der Waals surface area contributed by atoms with E-state index in [2.05, 4.69) is 29.8 Å². The molecule has 18 nitrogen and oxygen atoms in total. The van der Waals surface area contributed by atoms with Crippen molar-refractivity contribution in [2.75, 3.05) is 41.0 Å². The summed E-state index contributed by atoms with van der Waals surface area (Å²) in [6.45, 7) is 18.4. The maximum absolute atomic E-state index is 15.1. The minimum atomic E-state index is -1.62. The van der Waals surface area contributed by atoms with Gasteiger partial charge in [-0.2, -0.15) is 0 Å². The average Bonchev–Trinajstić information content (AvgIpc) is 3.60. The molecule has 366 valence electrons. The van der Waals surface area contributed by atoms with E-state index in [1.165, 1.54) is 38.4 Å². The van der Waals surface area contributed by atoms with E-state index in [4.69, 9.17) is 44.6 Å². The zero-order valence-electron chi connectivity index (χ0n) is 40.8. The van der Waals surface area contributed by atoms with Crippen molar-refractivity contribution in [3.63, 3.8) is 0 Å². The maximum atomic E-state index is 15.1. The van der Waals surface area contributed by atoms with Crippen LogP contribution in [0.5, 0.6) is 17.2 Å². The van der Waals surface area contributed by atoms with Gasteiger partial charge in [0.15, 0.2) is 11.5 Å². The van der Waals surface area contributed by atoms with Crippen molar-refractivity contribution in [2.24, 2.45) is 17.3 Å². The molecule has 3 saturated carbocycles. The summed E-state index contributed by atoms with van der Waals surface area (Å²) in [5.74, 6) is -3.35. The molecule has 6 amide bonds. The molecule has 20 heteroatoms. The number of nitrogens with zero attached hydrogens (tertiary/aromatic N) is 2. The molecule has 3 aliphatic carbocycles. The number of halogens is 1. The lowest BCUT2D eigenvalue weighted by atomic mass is 9.43. The number of carbonyl (C=O) groups is 6. The van der Waals surface area contributed by atoms with Gasteiger partial charge in [-0.15, -0.1) is 0 Å². The zero-order valence-corrected chi connectivity index (χ0v) is 41.5. The van der Waals surface area contributed by atoms with Crippen molar-refractivity contribution in [2.45, 2.75) is 129 Å². The fraction of sp³-hybridized carbons (Fsp3) is 0.617. The van der Waals surface area contributed by atoms with Crippen LogP contribution >= 0.6 is 11.6 Å². The van der Waals surface area contributed by atoms with Crippen molar-refractivity contribution in [3.05, 3.63) is 52.0 Å². The van der Waals surface area contributed by atoms with E-state index in [1.807, 2.05) is 6.92 Å². The lowest BCUT2D eigenvalue weighted by Crippen LogP contribution is -2.65. The van der Waals surface area contributed by atoms with Crippen LogP contribution in [0.4, 0.5) is 9.59 Å². The van der Waals surface area contributed by atoms with Gasteiger partial charge in [0.05, 0.1) is 50.0 Å². The Balaban J connectivity index is 1.33. The Morgan fingerprint density at radius 2 is 1.57 bits per heavy atom. The predicted octanol–water partition coefficient (Wildman–Crippen LogP) is 5.65. The van der Waals surface area contributed by atoms with E-state index in [1.54, 1.807) is 66.7 Å². The first kappa shape index (κ1) is 51.1. The molecule has 0 radical (unpaired) electrons. The van der Waals surface area contributed by atoms with Crippen molar-refractivity contribution < 1.29 is 61.8 Å². The summed E-state index contributed by atoms with van der Waals surface area (Å²) in [6.07, 6.45) is 0.779. The number of para-hydroxylation sites is 1. The van der Waals surface area contributed by atoms with Gasteiger partial charge in [0, 0.05) is 25.2 Å². The van der Waals surface area contributed by atoms with Crippen LogP contribution in [-0.2, 0) is 39.6 Å². The third-order valence-corrected chi connectivity index (χ3v) is 13.6. The van der Waals surface area contributed by atoms with Crippen LogP contribution in [0.3, 0.4) is 0 Å². The molecule has 0 aromatic heterocycles. The first-order valence-electron chi connectivity index (χ1n) is 22.6. The normalized spacial score (nSPS) is 24.1. The van der Waals surface area contributed by atoms with Gasteiger partial charge in [0.2, 0.25) is 5.91 Å². The average molecular weight is 954 g/mol. The standard InChI is InChI=1S/C47H65BClN5O13/c1-25-24-53(20-19-50-43(60)65-45(5,6)7)39(56)40(57)54(25)42(59)52-35(28-17-18-30(61-11)37(63-13)34(28)49)38(55)51-33(48-66-32-23-27-22-31(46(27,8)9)47(32,10)67-48)21-26-15-14-16-29(36(26)62-12)41(58)64-44(2,3)4/h14-18,25,27,31-33,35H,19-24H2,1-13H3,(H,50,60)(H,51,55)(H,52,59)/t25-,27-,31-,32+,33?,35?,47-/m0/s1. The first-order chi connectivity index (χ1) is 31.2. The number of benzene rings is 2. The van der Waals surface area contributed by atoms with E-state index >= 15 is 4.79 Å². The SMILES string of the molecule is COc1ccc(C(NC(=O)N2C(=O)C(=O)N(CCNC(=O)OC(C)(C)C)C[C@@H]2C)C(=O)NC(Cc2cccc(C(=O)OC(C)(C)C)c2OC)B2O[C@@H]3C[C@@H]4C[C@@H](C4(C)C)[C@]3(C)O2)c(Cl)c1OC. The fourth-order valence-electron chi connectivity index (χ4n) is 9.89. The van der Waals surface area contributed by atoms with Crippen LogP contribution in [0.2, 0.25) is 5.02 Å². The molecule has 3 N–H and O–H groups in total. The summed E-state index contributed by atoms with van der Waals surface area (Å²) >= 11 is 6.95. The number of ether oxygens (including phenoxy) is 5. The molecule has 7 atom stereocenters. The molecule has 0 spiro atoms. The third kappa shape index (κ3) is 10.6. The lowest BCUT2D eigenvalue weighted by Gasteiger charge is -2.64. The Morgan fingerprint density at radius 3 is 2.18 bits per heavy atom. The molecule has 5 aliphatic rings. The summed E-state index contributed by atoms with van der Waals surface area (Å²) in [4.78, 5) is 84.4. The minimum Gasteiger partial charge on any atom is -0.496 e. The minimum absolute atomic E-state index is 0.00513. The number of hydrogen-bond donors (Lipinski definition) is 3. The maximum Gasteiger partial charge on any atom is 0.482 e. The van der Waals surface area contributed by atoms with Gasteiger partial charge < -0.3 is 53.8 Å². The van der Waals surface area contributed by atoms with Crippen LogP contribution in [0, 0.1) is 17.3 Å². The number of rotatable bonds is 14. The van der Waals surface area contributed by atoms with Crippen molar-refractivity contribution in [3.8, 4) is 17.2 Å². The second-order valence-electron chi connectivity index (χ2n) is 20.4. The molecular formula is C47H65BClN5O13. The number of imide groups is 1. The van der Waals surface area contributed by atoms with Gasteiger partial charge in [-0.25, -0.2) is 14.4 Å². The van der Waals surface area contributed by atoms with Crippen molar-refractivity contribution in [1.82, 2.24) is 25.8 Å². The van der Waals surface area contributed by atoms with E-state index in [0.29, 0.717) is 11.5 Å². The quantitative estimate of drug-likeness (QED) is 0.119. The zero-order chi connectivity index (χ0) is 49.6. The molecule has 2 heterocycles. The van der Waals surface area contributed by atoms with Gasteiger partial charge in [0.25, 0.3) is 0 Å². The number of alkyl carbamates (subject to hydrolysis) is 1. The highest BCUT2D eigenvalue weighted by Crippen LogP contribution is 2.65. The van der Waals surface area contributed by atoms with Crippen LogP contribution < -0.4 is 30.2 Å². The Morgan fingerprint density at radius 1 is 0.896 bits per heavy atom. The largest absolute Gasteiger partial charge is 0.496 e.